The average Bonchev–Trinajstić information content (AvgIpc) is 3.12. The quantitative estimate of drug-likeness (QED) is 0.287. The molecule has 27 heavy (non-hydrogen) atoms. The van der Waals surface area contributed by atoms with Gasteiger partial charge in [0.05, 0.1) is 12.3 Å². The molecule has 150 valence electrons. The SMILES string of the molecule is CCNC(=NCc1cccc(-c2ncn[nH]2)c1)NC(C)CCS(C)(=O)=O.I. The van der Waals surface area contributed by atoms with Crippen molar-refractivity contribution in [3.05, 3.63) is 36.2 Å². The maximum atomic E-state index is 11.3. The number of H-pyrrole nitrogens is 1. The van der Waals surface area contributed by atoms with Crippen LogP contribution in [0.15, 0.2) is 35.6 Å². The topological polar surface area (TPSA) is 112 Å². The molecule has 2 aromatic rings. The number of aromatic amines is 1. The summed E-state index contributed by atoms with van der Waals surface area (Å²) in [5.41, 5.74) is 1.99. The highest BCUT2D eigenvalue weighted by molar-refractivity contribution is 14.0. The lowest BCUT2D eigenvalue weighted by molar-refractivity contribution is 0.581. The number of nitrogens with one attached hydrogen (secondary N) is 3. The number of guanidine groups is 1. The van der Waals surface area contributed by atoms with E-state index in [0.29, 0.717) is 18.9 Å². The van der Waals surface area contributed by atoms with E-state index in [9.17, 15) is 8.42 Å². The molecule has 1 aromatic carbocycles. The predicted molar refractivity (Wildman–Crippen MR) is 119 cm³/mol. The Hall–Kier alpha value is -1.69. The molecule has 0 aliphatic carbocycles. The van der Waals surface area contributed by atoms with Crippen LogP contribution in [0.3, 0.4) is 0 Å². The summed E-state index contributed by atoms with van der Waals surface area (Å²) in [6.45, 7) is 5.16. The van der Waals surface area contributed by atoms with E-state index < -0.39 is 9.84 Å². The number of hydrogen-bond acceptors (Lipinski definition) is 5. The van der Waals surface area contributed by atoms with E-state index in [1.165, 1.54) is 12.6 Å². The molecule has 1 atom stereocenters. The lowest BCUT2D eigenvalue weighted by Gasteiger charge is -2.17. The van der Waals surface area contributed by atoms with Gasteiger partial charge in [-0.1, -0.05) is 18.2 Å². The molecule has 0 bridgehead atoms. The van der Waals surface area contributed by atoms with Crippen LogP contribution in [0.1, 0.15) is 25.8 Å². The van der Waals surface area contributed by atoms with E-state index in [4.69, 9.17) is 0 Å². The Morgan fingerprint density at radius 1 is 1.37 bits per heavy atom. The Morgan fingerprint density at radius 2 is 2.15 bits per heavy atom. The van der Waals surface area contributed by atoms with Gasteiger partial charge in [0.1, 0.15) is 16.2 Å². The third kappa shape index (κ3) is 8.69. The first-order valence-electron chi connectivity index (χ1n) is 8.54. The van der Waals surface area contributed by atoms with Gasteiger partial charge in [0.25, 0.3) is 0 Å². The molecule has 0 aliphatic heterocycles. The van der Waals surface area contributed by atoms with Crippen LogP contribution in [0.5, 0.6) is 0 Å². The predicted octanol–water partition coefficient (Wildman–Crippen LogP) is 1.97. The van der Waals surface area contributed by atoms with Crippen molar-refractivity contribution in [1.82, 2.24) is 25.8 Å². The Bertz CT molecular complexity index is 824. The first-order chi connectivity index (χ1) is 12.4. The van der Waals surface area contributed by atoms with E-state index >= 15 is 0 Å². The fourth-order valence-corrected chi connectivity index (χ4v) is 3.13. The van der Waals surface area contributed by atoms with Gasteiger partial charge < -0.3 is 10.6 Å². The maximum Gasteiger partial charge on any atom is 0.191 e. The summed E-state index contributed by atoms with van der Waals surface area (Å²) < 4.78 is 22.6. The molecule has 0 saturated heterocycles. The van der Waals surface area contributed by atoms with E-state index in [1.807, 2.05) is 38.1 Å². The van der Waals surface area contributed by atoms with Crippen molar-refractivity contribution >= 4 is 39.8 Å². The fraction of sp³-hybridized carbons (Fsp3) is 0.471. The van der Waals surface area contributed by atoms with Crippen molar-refractivity contribution in [2.45, 2.75) is 32.9 Å². The van der Waals surface area contributed by atoms with E-state index in [2.05, 4.69) is 30.8 Å². The van der Waals surface area contributed by atoms with Crippen LogP contribution >= 0.6 is 24.0 Å². The second-order valence-electron chi connectivity index (χ2n) is 6.19. The lowest BCUT2D eigenvalue weighted by Crippen LogP contribution is -2.42. The summed E-state index contributed by atoms with van der Waals surface area (Å²) in [7, 11) is -2.96. The highest BCUT2D eigenvalue weighted by Crippen LogP contribution is 2.15. The molecule has 1 heterocycles. The largest absolute Gasteiger partial charge is 0.357 e. The number of aliphatic imine (C=N–C) groups is 1. The molecule has 0 fully saturated rings. The molecule has 1 aromatic heterocycles. The zero-order chi connectivity index (χ0) is 19.0. The first kappa shape index (κ1) is 23.3. The Morgan fingerprint density at radius 3 is 2.78 bits per heavy atom. The summed E-state index contributed by atoms with van der Waals surface area (Å²) in [4.78, 5) is 8.74. The van der Waals surface area contributed by atoms with Gasteiger partial charge in [-0.3, -0.25) is 5.10 Å². The number of halogens is 1. The molecule has 0 spiro atoms. The van der Waals surface area contributed by atoms with Crippen molar-refractivity contribution in [2.24, 2.45) is 4.99 Å². The second kappa shape index (κ2) is 11.2. The normalized spacial score (nSPS) is 12.9. The summed E-state index contributed by atoms with van der Waals surface area (Å²) in [6.07, 6.45) is 3.26. The summed E-state index contributed by atoms with van der Waals surface area (Å²) >= 11 is 0. The fourth-order valence-electron chi connectivity index (χ4n) is 2.35. The molecule has 8 nitrogen and oxygen atoms in total. The smallest absolute Gasteiger partial charge is 0.191 e. The van der Waals surface area contributed by atoms with Gasteiger partial charge in [0, 0.05) is 24.4 Å². The molecule has 1 unspecified atom stereocenters. The van der Waals surface area contributed by atoms with Crippen LogP contribution < -0.4 is 10.6 Å². The van der Waals surface area contributed by atoms with Crippen LogP contribution in [-0.2, 0) is 16.4 Å². The van der Waals surface area contributed by atoms with Crippen molar-refractivity contribution in [3.63, 3.8) is 0 Å². The van der Waals surface area contributed by atoms with Gasteiger partial charge in [-0.05, 0) is 31.9 Å². The molecule has 0 radical (unpaired) electrons. The average molecular weight is 506 g/mol. The monoisotopic (exact) mass is 506 g/mol. The second-order valence-corrected chi connectivity index (χ2v) is 8.45. The van der Waals surface area contributed by atoms with E-state index in [0.717, 1.165) is 23.5 Å². The minimum atomic E-state index is -2.96. The van der Waals surface area contributed by atoms with Crippen molar-refractivity contribution in [2.75, 3.05) is 18.6 Å². The van der Waals surface area contributed by atoms with Gasteiger partial charge >= 0.3 is 0 Å². The zero-order valence-electron chi connectivity index (χ0n) is 15.8. The molecule has 0 amide bonds. The summed E-state index contributed by atoms with van der Waals surface area (Å²) in [5.74, 6) is 1.54. The van der Waals surface area contributed by atoms with Crippen molar-refractivity contribution in [1.29, 1.82) is 0 Å². The Balaban J connectivity index is 0.00000364. The van der Waals surface area contributed by atoms with E-state index in [1.54, 1.807) is 0 Å². The van der Waals surface area contributed by atoms with Crippen LogP contribution in [0.2, 0.25) is 0 Å². The highest BCUT2D eigenvalue weighted by atomic mass is 127. The van der Waals surface area contributed by atoms with Crippen molar-refractivity contribution in [3.8, 4) is 11.4 Å². The number of hydrogen-bond donors (Lipinski definition) is 3. The summed E-state index contributed by atoms with van der Waals surface area (Å²) in [6, 6.07) is 7.94. The number of aromatic nitrogens is 3. The number of sulfone groups is 1. The molecule has 10 heteroatoms. The number of benzene rings is 1. The molecular formula is C17H27IN6O2S. The van der Waals surface area contributed by atoms with Crippen LogP contribution in [0.25, 0.3) is 11.4 Å². The van der Waals surface area contributed by atoms with Gasteiger partial charge in [-0.25, -0.2) is 18.4 Å². The van der Waals surface area contributed by atoms with Gasteiger partial charge in [-0.15, -0.1) is 24.0 Å². The standard InChI is InChI=1S/C17H26N6O2S.HI/c1-4-18-17(22-13(2)8-9-26(3,24)25)19-11-14-6-5-7-15(10-14)16-20-12-21-23-16;/h5-7,10,12-13H,4,8-9,11H2,1-3H3,(H2,18,19,22)(H,20,21,23);1H. The van der Waals surface area contributed by atoms with Crippen LogP contribution in [-0.4, -0.2) is 54.2 Å². The third-order valence-electron chi connectivity index (χ3n) is 3.68. The molecule has 0 saturated carbocycles. The molecule has 3 N–H and O–H groups in total. The molecule has 2 rings (SSSR count). The maximum absolute atomic E-state index is 11.3. The minimum absolute atomic E-state index is 0. The van der Waals surface area contributed by atoms with Crippen molar-refractivity contribution < 1.29 is 8.42 Å². The number of rotatable bonds is 8. The van der Waals surface area contributed by atoms with Gasteiger partial charge in [0.15, 0.2) is 11.8 Å². The Kier molecular flexibility index (Phi) is 9.70. The Labute approximate surface area is 177 Å². The zero-order valence-corrected chi connectivity index (χ0v) is 18.9. The van der Waals surface area contributed by atoms with Gasteiger partial charge in [0.2, 0.25) is 0 Å². The minimum Gasteiger partial charge on any atom is -0.357 e. The molecular weight excluding hydrogens is 479 g/mol. The molecule has 0 aliphatic rings. The summed E-state index contributed by atoms with van der Waals surface area (Å²) in [5, 5.41) is 13.1. The lowest BCUT2D eigenvalue weighted by atomic mass is 10.1. The number of nitrogens with zero attached hydrogens (tertiary/aromatic N) is 3. The van der Waals surface area contributed by atoms with Gasteiger partial charge in [-0.2, -0.15) is 5.10 Å². The highest BCUT2D eigenvalue weighted by Gasteiger charge is 2.09. The first-order valence-corrected chi connectivity index (χ1v) is 10.6. The van der Waals surface area contributed by atoms with Crippen LogP contribution in [0, 0.1) is 0 Å². The third-order valence-corrected chi connectivity index (χ3v) is 4.66. The van der Waals surface area contributed by atoms with Crippen LogP contribution in [0.4, 0.5) is 0 Å². The van der Waals surface area contributed by atoms with E-state index in [-0.39, 0.29) is 35.8 Å².